The molecule has 0 saturated heterocycles. The SMILES string of the molecule is O=C(CNc1cccc2ccccc12)Nc1ccccc1C(=O)O. The van der Waals surface area contributed by atoms with Gasteiger partial charge >= 0.3 is 5.97 Å². The Bertz CT molecular complexity index is 901. The van der Waals surface area contributed by atoms with Gasteiger partial charge in [-0.05, 0) is 23.6 Å². The summed E-state index contributed by atoms with van der Waals surface area (Å²) >= 11 is 0. The second kappa shape index (κ2) is 6.83. The molecular formula is C19H16N2O3. The molecule has 0 fully saturated rings. The fraction of sp³-hybridized carbons (Fsp3) is 0.0526. The summed E-state index contributed by atoms with van der Waals surface area (Å²) in [5.41, 5.74) is 1.21. The van der Waals surface area contributed by atoms with Crippen molar-refractivity contribution >= 4 is 34.0 Å². The number of benzene rings is 3. The van der Waals surface area contributed by atoms with Gasteiger partial charge in [0.1, 0.15) is 0 Å². The largest absolute Gasteiger partial charge is 0.478 e. The Labute approximate surface area is 138 Å². The van der Waals surface area contributed by atoms with Crippen molar-refractivity contribution in [2.75, 3.05) is 17.2 Å². The van der Waals surface area contributed by atoms with E-state index in [1.165, 1.54) is 6.07 Å². The van der Waals surface area contributed by atoms with E-state index < -0.39 is 5.97 Å². The van der Waals surface area contributed by atoms with Gasteiger partial charge in [0.15, 0.2) is 0 Å². The zero-order chi connectivity index (χ0) is 16.9. The molecule has 3 aromatic carbocycles. The van der Waals surface area contributed by atoms with E-state index in [1.807, 2.05) is 42.5 Å². The maximum atomic E-state index is 12.1. The minimum Gasteiger partial charge on any atom is -0.478 e. The van der Waals surface area contributed by atoms with Crippen molar-refractivity contribution in [1.29, 1.82) is 0 Å². The molecule has 0 heterocycles. The van der Waals surface area contributed by atoms with Gasteiger partial charge in [0.25, 0.3) is 0 Å². The van der Waals surface area contributed by atoms with Gasteiger partial charge in [0.2, 0.25) is 5.91 Å². The minimum absolute atomic E-state index is 0.0436. The molecule has 5 nitrogen and oxygen atoms in total. The van der Waals surface area contributed by atoms with Crippen LogP contribution in [-0.4, -0.2) is 23.5 Å². The Hall–Kier alpha value is -3.34. The van der Waals surface area contributed by atoms with Crippen LogP contribution in [0.25, 0.3) is 10.8 Å². The summed E-state index contributed by atoms with van der Waals surface area (Å²) in [5.74, 6) is -1.38. The summed E-state index contributed by atoms with van der Waals surface area (Å²) in [4.78, 5) is 23.3. The Morgan fingerprint density at radius 3 is 2.33 bits per heavy atom. The number of hydrogen-bond donors (Lipinski definition) is 3. The minimum atomic E-state index is -1.08. The number of carboxylic acid groups (broad SMARTS) is 1. The van der Waals surface area contributed by atoms with Gasteiger partial charge in [-0.15, -0.1) is 0 Å². The van der Waals surface area contributed by atoms with Crippen molar-refractivity contribution in [1.82, 2.24) is 0 Å². The standard InChI is InChI=1S/C19H16N2O3/c22-18(21-17-10-4-3-9-15(17)19(23)24)12-20-16-11-5-7-13-6-1-2-8-14(13)16/h1-11,20H,12H2,(H,21,22)(H,23,24). The number of amides is 1. The van der Waals surface area contributed by atoms with Crippen molar-refractivity contribution < 1.29 is 14.7 Å². The maximum Gasteiger partial charge on any atom is 0.337 e. The van der Waals surface area contributed by atoms with Crippen molar-refractivity contribution in [3.05, 3.63) is 72.3 Å². The molecule has 0 saturated carbocycles. The molecule has 0 bridgehead atoms. The summed E-state index contributed by atoms with van der Waals surface area (Å²) < 4.78 is 0. The number of carbonyl (C=O) groups is 2. The lowest BCUT2D eigenvalue weighted by Gasteiger charge is -2.11. The lowest BCUT2D eigenvalue weighted by Crippen LogP contribution is -2.23. The van der Waals surface area contributed by atoms with Gasteiger partial charge in [-0.3, -0.25) is 4.79 Å². The number of carboxylic acids is 1. The molecule has 1 amide bonds. The van der Waals surface area contributed by atoms with Gasteiger partial charge in [-0.2, -0.15) is 0 Å². The fourth-order valence-electron chi connectivity index (χ4n) is 2.53. The molecule has 0 aromatic heterocycles. The number of carbonyl (C=O) groups excluding carboxylic acids is 1. The molecular weight excluding hydrogens is 304 g/mol. The average Bonchev–Trinajstić information content (AvgIpc) is 2.60. The van der Waals surface area contributed by atoms with Crippen LogP contribution in [0.3, 0.4) is 0 Å². The van der Waals surface area contributed by atoms with Gasteiger partial charge in [-0.25, -0.2) is 4.79 Å². The summed E-state index contributed by atoms with van der Waals surface area (Å²) in [5, 5.41) is 17.0. The average molecular weight is 320 g/mol. The number of aromatic carboxylic acids is 1. The predicted molar refractivity (Wildman–Crippen MR) is 94.5 cm³/mol. The van der Waals surface area contributed by atoms with E-state index in [2.05, 4.69) is 10.6 Å². The van der Waals surface area contributed by atoms with Crippen molar-refractivity contribution in [3.8, 4) is 0 Å². The van der Waals surface area contributed by atoms with Crippen LogP contribution in [0.2, 0.25) is 0 Å². The first kappa shape index (κ1) is 15.6. The molecule has 3 aromatic rings. The Morgan fingerprint density at radius 2 is 1.50 bits per heavy atom. The zero-order valence-electron chi connectivity index (χ0n) is 12.8. The number of hydrogen-bond acceptors (Lipinski definition) is 3. The summed E-state index contributed by atoms with van der Waals surface area (Å²) in [6.45, 7) is 0.0436. The summed E-state index contributed by atoms with van der Waals surface area (Å²) in [6, 6.07) is 20.0. The van der Waals surface area contributed by atoms with Crippen LogP contribution >= 0.6 is 0 Å². The second-order valence-electron chi connectivity index (χ2n) is 5.28. The van der Waals surface area contributed by atoms with Crippen LogP contribution in [-0.2, 0) is 4.79 Å². The lowest BCUT2D eigenvalue weighted by atomic mass is 10.1. The van der Waals surface area contributed by atoms with Gasteiger partial charge in [-0.1, -0.05) is 48.5 Å². The predicted octanol–water partition coefficient (Wildman–Crippen LogP) is 3.59. The summed E-state index contributed by atoms with van der Waals surface area (Å²) in [6.07, 6.45) is 0. The van der Waals surface area contributed by atoms with E-state index >= 15 is 0 Å². The highest BCUT2D eigenvalue weighted by Crippen LogP contribution is 2.22. The quantitative estimate of drug-likeness (QED) is 0.671. The first-order valence-corrected chi connectivity index (χ1v) is 7.49. The Morgan fingerprint density at radius 1 is 0.833 bits per heavy atom. The van der Waals surface area contributed by atoms with E-state index in [1.54, 1.807) is 18.2 Å². The molecule has 0 unspecified atom stereocenters. The summed E-state index contributed by atoms with van der Waals surface area (Å²) in [7, 11) is 0. The first-order valence-electron chi connectivity index (χ1n) is 7.49. The lowest BCUT2D eigenvalue weighted by molar-refractivity contribution is -0.114. The van der Waals surface area contributed by atoms with E-state index in [-0.39, 0.29) is 23.7 Å². The molecule has 0 radical (unpaired) electrons. The van der Waals surface area contributed by atoms with Gasteiger partial charge in [0, 0.05) is 11.1 Å². The zero-order valence-corrected chi connectivity index (χ0v) is 12.8. The highest BCUT2D eigenvalue weighted by Gasteiger charge is 2.11. The van der Waals surface area contributed by atoms with E-state index in [9.17, 15) is 9.59 Å². The van der Waals surface area contributed by atoms with Crippen LogP contribution < -0.4 is 10.6 Å². The van der Waals surface area contributed by atoms with Gasteiger partial charge in [0.05, 0.1) is 17.8 Å². The topological polar surface area (TPSA) is 78.4 Å². The fourth-order valence-corrected chi connectivity index (χ4v) is 2.53. The third-order valence-electron chi connectivity index (χ3n) is 3.66. The first-order chi connectivity index (χ1) is 11.6. The van der Waals surface area contributed by atoms with Crippen LogP contribution in [0.4, 0.5) is 11.4 Å². The van der Waals surface area contributed by atoms with Crippen molar-refractivity contribution in [2.45, 2.75) is 0 Å². The molecule has 3 rings (SSSR count). The number of nitrogens with one attached hydrogen (secondary N) is 2. The monoisotopic (exact) mass is 320 g/mol. The molecule has 0 spiro atoms. The normalized spacial score (nSPS) is 10.3. The van der Waals surface area contributed by atoms with Crippen LogP contribution in [0.1, 0.15) is 10.4 Å². The van der Waals surface area contributed by atoms with Crippen LogP contribution in [0, 0.1) is 0 Å². The Kier molecular flexibility index (Phi) is 4.43. The number of fused-ring (bicyclic) bond motifs is 1. The number of anilines is 2. The number of rotatable bonds is 5. The van der Waals surface area contributed by atoms with Crippen molar-refractivity contribution in [2.24, 2.45) is 0 Å². The van der Waals surface area contributed by atoms with Crippen molar-refractivity contribution in [3.63, 3.8) is 0 Å². The highest BCUT2D eigenvalue weighted by atomic mass is 16.4. The van der Waals surface area contributed by atoms with E-state index in [0.717, 1.165) is 16.5 Å². The molecule has 0 aliphatic heterocycles. The van der Waals surface area contributed by atoms with E-state index in [0.29, 0.717) is 0 Å². The number of para-hydroxylation sites is 1. The smallest absolute Gasteiger partial charge is 0.337 e. The highest BCUT2D eigenvalue weighted by molar-refractivity contribution is 6.02. The van der Waals surface area contributed by atoms with E-state index in [4.69, 9.17) is 5.11 Å². The molecule has 5 heteroatoms. The molecule has 0 atom stereocenters. The third kappa shape index (κ3) is 3.35. The molecule has 120 valence electrons. The van der Waals surface area contributed by atoms with Crippen LogP contribution in [0.5, 0.6) is 0 Å². The molecule has 24 heavy (non-hydrogen) atoms. The molecule has 0 aliphatic rings. The second-order valence-corrected chi connectivity index (χ2v) is 5.28. The van der Waals surface area contributed by atoms with Gasteiger partial charge < -0.3 is 15.7 Å². The molecule has 3 N–H and O–H groups in total. The molecule has 0 aliphatic carbocycles. The maximum absolute atomic E-state index is 12.1. The Balaban J connectivity index is 1.71. The third-order valence-corrected chi connectivity index (χ3v) is 3.66. The van der Waals surface area contributed by atoms with Crippen LogP contribution in [0.15, 0.2) is 66.7 Å².